The molecule has 0 fully saturated rings. The molecule has 1 heterocycles. The smallest absolute Gasteiger partial charge is 0.295 e. The van der Waals surface area contributed by atoms with Gasteiger partial charge in [0.2, 0.25) is 5.82 Å². The summed E-state index contributed by atoms with van der Waals surface area (Å²) in [6.07, 6.45) is -1.04. The number of aromatic nitrogens is 2. The number of nitrogens with one attached hydrogen (secondary N) is 1. The minimum atomic E-state index is -1.05. The van der Waals surface area contributed by atoms with E-state index < -0.39 is 18.0 Å². The molecule has 4 aromatic carbocycles. The molecule has 5 aromatic rings. The van der Waals surface area contributed by atoms with Crippen molar-refractivity contribution in [1.82, 2.24) is 15.5 Å². The van der Waals surface area contributed by atoms with Gasteiger partial charge >= 0.3 is 0 Å². The number of nitrogens with zero attached hydrogens (tertiary/aromatic N) is 2. The van der Waals surface area contributed by atoms with Crippen molar-refractivity contribution in [2.45, 2.75) is 19.6 Å². The van der Waals surface area contributed by atoms with Gasteiger partial charge in [0.15, 0.2) is 6.23 Å². The Labute approximate surface area is 228 Å². The highest BCUT2D eigenvalue weighted by atomic mass is 19.1. The number of ether oxygens (including phenoxy) is 1. The van der Waals surface area contributed by atoms with E-state index in [1.54, 1.807) is 42.5 Å². The number of aryl methyl sites for hydroxylation is 1. The number of amides is 1. The molecule has 9 heteroatoms. The van der Waals surface area contributed by atoms with E-state index in [0.717, 1.165) is 11.1 Å². The molecule has 0 aliphatic carbocycles. The van der Waals surface area contributed by atoms with Gasteiger partial charge in [-0.25, -0.2) is 8.78 Å². The fraction of sp³-hybridized carbons (Fsp3) is 0.0968. The maximum absolute atomic E-state index is 15.1. The van der Waals surface area contributed by atoms with Crippen molar-refractivity contribution in [3.8, 4) is 34.0 Å². The molecule has 5 rings (SSSR count). The van der Waals surface area contributed by atoms with Crippen molar-refractivity contribution >= 4 is 12.4 Å². The lowest BCUT2D eigenvalue weighted by Gasteiger charge is -2.17. The molecule has 1 amide bonds. The van der Waals surface area contributed by atoms with E-state index in [-0.39, 0.29) is 36.0 Å². The molecule has 1 atom stereocenters. The van der Waals surface area contributed by atoms with Crippen LogP contribution in [0.25, 0.3) is 34.0 Å². The third-order valence-corrected chi connectivity index (χ3v) is 6.23. The van der Waals surface area contributed by atoms with Gasteiger partial charge in [-0.05, 0) is 72.1 Å². The number of hydrogen-bond acceptors (Lipinski definition) is 6. The molecule has 0 aliphatic heterocycles. The van der Waals surface area contributed by atoms with Gasteiger partial charge < -0.3 is 14.6 Å². The van der Waals surface area contributed by atoms with E-state index >= 15 is 4.39 Å². The summed E-state index contributed by atoms with van der Waals surface area (Å²) in [5.74, 6) is -1.10. The first-order chi connectivity index (χ1) is 19.4. The number of hydrogen-bond donors (Lipinski definition) is 1. The summed E-state index contributed by atoms with van der Waals surface area (Å²) < 4.78 is 38.7. The molecule has 0 spiro atoms. The van der Waals surface area contributed by atoms with E-state index in [1.807, 2.05) is 31.2 Å². The van der Waals surface area contributed by atoms with Crippen molar-refractivity contribution in [2.24, 2.45) is 0 Å². The fourth-order valence-electron chi connectivity index (χ4n) is 4.14. The highest BCUT2D eigenvalue weighted by molar-refractivity contribution is 5.95. The average Bonchev–Trinajstić information content (AvgIpc) is 3.44. The number of carbonyl (C=O) groups excluding carboxylic acids is 2. The molecule has 200 valence electrons. The van der Waals surface area contributed by atoms with Crippen LogP contribution in [0, 0.1) is 18.6 Å². The van der Waals surface area contributed by atoms with Crippen LogP contribution in [-0.2, 0) is 16.0 Å². The Morgan fingerprint density at radius 2 is 1.70 bits per heavy atom. The fourth-order valence-corrected chi connectivity index (χ4v) is 4.14. The van der Waals surface area contributed by atoms with Crippen molar-refractivity contribution < 1.29 is 27.6 Å². The number of benzene rings is 4. The zero-order chi connectivity index (χ0) is 28.1. The average molecular weight is 540 g/mol. The third kappa shape index (κ3) is 6.10. The lowest BCUT2D eigenvalue weighted by atomic mass is 10.0. The van der Waals surface area contributed by atoms with Crippen LogP contribution in [0.3, 0.4) is 0 Å². The van der Waals surface area contributed by atoms with Crippen LogP contribution in [0.1, 0.15) is 21.5 Å². The number of carbonyl (C=O) groups is 2. The van der Waals surface area contributed by atoms with E-state index in [1.165, 1.54) is 24.3 Å². The molecule has 1 unspecified atom stereocenters. The lowest BCUT2D eigenvalue weighted by molar-refractivity contribution is -0.134. The van der Waals surface area contributed by atoms with Gasteiger partial charge in [0.1, 0.15) is 11.6 Å². The second-order valence-electron chi connectivity index (χ2n) is 9.09. The Balaban J connectivity index is 1.29. The van der Waals surface area contributed by atoms with E-state index in [2.05, 4.69) is 15.5 Å². The molecule has 40 heavy (non-hydrogen) atoms. The largest absolute Gasteiger partial charge is 0.444 e. The highest BCUT2D eigenvalue weighted by Crippen LogP contribution is 2.26. The van der Waals surface area contributed by atoms with Crippen molar-refractivity contribution in [1.29, 1.82) is 0 Å². The first-order valence-corrected chi connectivity index (χ1v) is 12.3. The maximum Gasteiger partial charge on any atom is 0.295 e. The molecule has 1 N–H and O–H groups in total. The van der Waals surface area contributed by atoms with E-state index in [9.17, 15) is 14.0 Å². The Morgan fingerprint density at radius 3 is 2.42 bits per heavy atom. The Bertz CT molecular complexity index is 1650. The summed E-state index contributed by atoms with van der Waals surface area (Å²) in [5, 5.41) is 6.55. The standard InChI is InChI=1S/C31H23F2N3O4/c1-19-5-8-22(9-6-19)31-35-29(36-40-31)26-14-7-20(15-27(26)33)16-28(39-18-37)34-30(38)24-4-2-3-23(17-24)21-10-12-25(32)13-11-21/h2-15,17-18,28H,16H2,1H3,(H,34,38). The molecule has 0 bridgehead atoms. The van der Waals surface area contributed by atoms with E-state index in [4.69, 9.17) is 9.26 Å². The molecule has 7 nitrogen and oxygen atoms in total. The topological polar surface area (TPSA) is 94.3 Å². The second kappa shape index (κ2) is 11.7. The quantitative estimate of drug-likeness (QED) is 0.179. The minimum absolute atomic E-state index is 0.0141. The predicted molar refractivity (Wildman–Crippen MR) is 144 cm³/mol. The van der Waals surface area contributed by atoms with Crippen LogP contribution < -0.4 is 5.32 Å². The molecular formula is C31H23F2N3O4. The van der Waals surface area contributed by atoms with Gasteiger partial charge in [-0.2, -0.15) is 4.98 Å². The molecule has 0 saturated carbocycles. The first kappa shape index (κ1) is 26.4. The van der Waals surface area contributed by atoms with Crippen molar-refractivity contribution in [2.75, 3.05) is 0 Å². The minimum Gasteiger partial charge on any atom is -0.444 e. The van der Waals surface area contributed by atoms with Gasteiger partial charge in [-0.3, -0.25) is 9.59 Å². The molecule has 0 radical (unpaired) electrons. The maximum atomic E-state index is 15.1. The van der Waals surface area contributed by atoms with Crippen LogP contribution in [0.4, 0.5) is 8.78 Å². The molecule has 0 aliphatic rings. The Hall–Kier alpha value is -5.18. The number of halogens is 2. The lowest BCUT2D eigenvalue weighted by Crippen LogP contribution is -2.38. The Kier molecular flexibility index (Phi) is 7.72. The van der Waals surface area contributed by atoms with Crippen LogP contribution in [0.5, 0.6) is 0 Å². The van der Waals surface area contributed by atoms with Gasteiger partial charge in [0.05, 0.1) is 5.56 Å². The van der Waals surface area contributed by atoms with Gasteiger partial charge in [-0.1, -0.05) is 53.2 Å². The zero-order valence-electron chi connectivity index (χ0n) is 21.3. The summed E-state index contributed by atoms with van der Waals surface area (Å²) in [7, 11) is 0. The van der Waals surface area contributed by atoms with Gasteiger partial charge in [-0.15, -0.1) is 0 Å². The van der Waals surface area contributed by atoms with Crippen LogP contribution in [-0.4, -0.2) is 28.7 Å². The summed E-state index contributed by atoms with van der Waals surface area (Å²) >= 11 is 0. The summed E-state index contributed by atoms with van der Waals surface area (Å²) in [6.45, 7) is 2.18. The van der Waals surface area contributed by atoms with Gasteiger partial charge in [0, 0.05) is 17.5 Å². The molecule has 0 saturated heterocycles. The van der Waals surface area contributed by atoms with Crippen LogP contribution in [0.2, 0.25) is 0 Å². The summed E-state index contributed by atoms with van der Waals surface area (Å²) in [5.41, 5.74) is 4.16. The van der Waals surface area contributed by atoms with E-state index in [0.29, 0.717) is 22.3 Å². The monoisotopic (exact) mass is 539 g/mol. The third-order valence-electron chi connectivity index (χ3n) is 6.23. The van der Waals surface area contributed by atoms with Gasteiger partial charge in [0.25, 0.3) is 18.3 Å². The molecule has 1 aromatic heterocycles. The second-order valence-corrected chi connectivity index (χ2v) is 9.09. The summed E-state index contributed by atoms with van der Waals surface area (Å²) in [4.78, 5) is 28.4. The molecular weight excluding hydrogens is 516 g/mol. The summed E-state index contributed by atoms with van der Waals surface area (Å²) in [6, 6.07) is 24.5. The highest BCUT2D eigenvalue weighted by Gasteiger charge is 2.19. The predicted octanol–water partition coefficient (Wildman–Crippen LogP) is 6.13. The zero-order valence-corrected chi connectivity index (χ0v) is 21.3. The van der Waals surface area contributed by atoms with Crippen molar-refractivity contribution in [3.05, 3.63) is 119 Å². The first-order valence-electron chi connectivity index (χ1n) is 12.3. The number of rotatable bonds is 9. The van der Waals surface area contributed by atoms with Crippen LogP contribution >= 0.6 is 0 Å². The van der Waals surface area contributed by atoms with Crippen LogP contribution in [0.15, 0.2) is 95.5 Å². The Morgan fingerprint density at radius 1 is 0.950 bits per heavy atom. The van der Waals surface area contributed by atoms with Crippen molar-refractivity contribution in [3.63, 3.8) is 0 Å². The normalized spacial score (nSPS) is 11.6. The SMILES string of the molecule is Cc1ccc(-c2nc(-c3ccc(CC(NC(=O)c4cccc(-c5ccc(F)cc5)c4)OC=O)cc3F)no2)cc1.